The highest BCUT2D eigenvalue weighted by Crippen LogP contribution is 2.07. The Morgan fingerprint density at radius 2 is 2.00 bits per heavy atom. The van der Waals surface area contributed by atoms with Gasteiger partial charge in [0.15, 0.2) is 0 Å². The van der Waals surface area contributed by atoms with Gasteiger partial charge in [0.05, 0.1) is 0 Å². The van der Waals surface area contributed by atoms with Gasteiger partial charge in [0.2, 0.25) is 0 Å². The molecule has 0 spiro atoms. The smallest absolute Gasteiger partial charge is 0.407 e. The Labute approximate surface area is 120 Å². The average molecular weight is 280 g/mol. The third-order valence-electron chi connectivity index (χ3n) is 2.35. The molecule has 0 aliphatic carbocycles. The summed E-state index contributed by atoms with van der Waals surface area (Å²) in [5.74, 6) is 1.52. The lowest BCUT2D eigenvalue weighted by atomic mass is 10.2. The quantitative estimate of drug-likeness (QED) is 0.809. The zero-order chi connectivity index (χ0) is 15.2. The summed E-state index contributed by atoms with van der Waals surface area (Å²) in [6.07, 6.45) is 0.459. The van der Waals surface area contributed by atoms with Crippen LogP contribution in [0, 0.1) is 6.92 Å². The molecule has 0 saturated carbocycles. The molecule has 0 fully saturated rings. The third kappa shape index (κ3) is 6.36. The van der Waals surface area contributed by atoms with Crippen LogP contribution < -0.4 is 10.6 Å². The van der Waals surface area contributed by atoms with Crippen molar-refractivity contribution in [2.24, 2.45) is 0 Å². The number of aromatic nitrogens is 2. The second kappa shape index (κ2) is 7.07. The van der Waals surface area contributed by atoms with Crippen molar-refractivity contribution in [3.63, 3.8) is 0 Å². The molecule has 2 N–H and O–H groups in total. The maximum absolute atomic E-state index is 11.4. The fourth-order valence-electron chi connectivity index (χ4n) is 1.57. The van der Waals surface area contributed by atoms with Gasteiger partial charge in [0, 0.05) is 24.8 Å². The minimum absolute atomic E-state index is 0.410. The largest absolute Gasteiger partial charge is 0.444 e. The zero-order valence-corrected chi connectivity index (χ0v) is 12.9. The van der Waals surface area contributed by atoms with Gasteiger partial charge in [0.1, 0.15) is 17.2 Å². The molecule has 1 amide bonds. The minimum Gasteiger partial charge on any atom is -0.444 e. The average Bonchev–Trinajstić information content (AvgIpc) is 2.32. The number of anilines is 1. The highest BCUT2D eigenvalue weighted by Gasteiger charge is 2.15. The Morgan fingerprint density at radius 1 is 1.30 bits per heavy atom. The maximum atomic E-state index is 11.4. The lowest BCUT2D eigenvalue weighted by Crippen LogP contribution is -2.35. The predicted octanol–water partition coefficient (Wildman–Crippen LogP) is 2.28. The standard InChI is InChI=1S/C14H24N4O2/c1-6-11-9-12(18-10(2)17-11)15-7-8-16-13(19)20-14(3,4)5/h9H,6-8H2,1-5H3,(H,16,19)(H,15,17,18). The summed E-state index contributed by atoms with van der Waals surface area (Å²) in [6.45, 7) is 10.5. The summed E-state index contributed by atoms with van der Waals surface area (Å²) in [5, 5.41) is 5.84. The van der Waals surface area contributed by atoms with Crippen LogP contribution in [0.3, 0.4) is 0 Å². The van der Waals surface area contributed by atoms with Crippen LogP contribution in [0.4, 0.5) is 10.6 Å². The summed E-state index contributed by atoms with van der Waals surface area (Å²) in [5.41, 5.74) is 0.525. The first-order chi connectivity index (χ1) is 9.30. The number of nitrogens with zero attached hydrogens (tertiary/aromatic N) is 2. The van der Waals surface area contributed by atoms with E-state index < -0.39 is 11.7 Å². The van der Waals surface area contributed by atoms with Crippen molar-refractivity contribution in [2.45, 2.75) is 46.6 Å². The van der Waals surface area contributed by atoms with Gasteiger partial charge >= 0.3 is 6.09 Å². The number of ether oxygens (including phenoxy) is 1. The first kappa shape index (κ1) is 16.2. The number of hydrogen-bond acceptors (Lipinski definition) is 5. The van der Waals surface area contributed by atoms with Gasteiger partial charge in [-0.15, -0.1) is 0 Å². The second-order valence-corrected chi connectivity index (χ2v) is 5.50. The van der Waals surface area contributed by atoms with E-state index in [1.165, 1.54) is 0 Å². The van der Waals surface area contributed by atoms with E-state index in [4.69, 9.17) is 4.74 Å². The Morgan fingerprint density at radius 3 is 2.60 bits per heavy atom. The molecule has 20 heavy (non-hydrogen) atoms. The first-order valence-electron chi connectivity index (χ1n) is 6.85. The molecular weight excluding hydrogens is 256 g/mol. The summed E-state index contributed by atoms with van der Waals surface area (Å²) >= 11 is 0. The van der Waals surface area contributed by atoms with Crippen LogP contribution in [-0.2, 0) is 11.2 Å². The number of alkyl carbamates (subject to hydrolysis) is 1. The maximum Gasteiger partial charge on any atom is 0.407 e. The highest BCUT2D eigenvalue weighted by atomic mass is 16.6. The van der Waals surface area contributed by atoms with Gasteiger partial charge in [-0.05, 0) is 34.1 Å². The van der Waals surface area contributed by atoms with Crippen molar-refractivity contribution in [2.75, 3.05) is 18.4 Å². The van der Waals surface area contributed by atoms with Gasteiger partial charge in [-0.2, -0.15) is 0 Å². The number of rotatable bonds is 5. The van der Waals surface area contributed by atoms with Crippen molar-refractivity contribution in [1.82, 2.24) is 15.3 Å². The van der Waals surface area contributed by atoms with Crippen LogP contribution in [0.1, 0.15) is 39.2 Å². The molecule has 0 atom stereocenters. The van der Waals surface area contributed by atoms with Crippen LogP contribution in [-0.4, -0.2) is 34.8 Å². The molecule has 0 unspecified atom stereocenters. The summed E-state index contributed by atoms with van der Waals surface area (Å²) in [4.78, 5) is 20.0. The van der Waals surface area contributed by atoms with Crippen LogP contribution >= 0.6 is 0 Å². The van der Waals surface area contributed by atoms with E-state index in [0.29, 0.717) is 13.1 Å². The molecule has 1 heterocycles. The molecule has 0 aromatic carbocycles. The van der Waals surface area contributed by atoms with Gasteiger partial charge in [-0.25, -0.2) is 14.8 Å². The number of aryl methyl sites for hydroxylation is 2. The lowest BCUT2D eigenvalue weighted by molar-refractivity contribution is 0.0530. The number of amides is 1. The van der Waals surface area contributed by atoms with Crippen LogP contribution in [0.2, 0.25) is 0 Å². The molecule has 0 aliphatic heterocycles. The van der Waals surface area contributed by atoms with E-state index in [2.05, 4.69) is 27.5 Å². The van der Waals surface area contributed by atoms with Gasteiger partial charge < -0.3 is 15.4 Å². The molecular formula is C14H24N4O2. The fourth-order valence-corrected chi connectivity index (χ4v) is 1.57. The van der Waals surface area contributed by atoms with Crippen molar-refractivity contribution >= 4 is 11.9 Å². The van der Waals surface area contributed by atoms with Crippen LogP contribution in [0.5, 0.6) is 0 Å². The third-order valence-corrected chi connectivity index (χ3v) is 2.35. The molecule has 0 radical (unpaired) electrons. The highest BCUT2D eigenvalue weighted by molar-refractivity contribution is 5.67. The van der Waals surface area contributed by atoms with Crippen molar-refractivity contribution in [3.8, 4) is 0 Å². The minimum atomic E-state index is -0.475. The van der Waals surface area contributed by atoms with E-state index in [9.17, 15) is 4.79 Å². The van der Waals surface area contributed by atoms with Gasteiger partial charge in [-0.1, -0.05) is 6.92 Å². The molecule has 0 saturated heterocycles. The van der Waals surface area contributed by atoms with Crippen molar-refractivity contribution in [1.29, 1.82) is 0 Å². The van der Waals surface area contributed by atoms with Crippen molar-refractivity contribution < 1.29 is 9.53 Å². The fraction of sp³-hybridized carbons (Fsp3) is 0.643. The zero-order valence-electron chi connectivity index (χ0n) is 12.9. The number of hydrogen-bond donors (Lipinski definition) is 2. The number of nitrogens with one attached hydrogen (secondary N) is 2. The van der Waals surface area contributed by atoms with E-state index in [1.807, 2.05) is 33.8 Å². The Kier molecular flexibility index (Phi) is 5.73. The van der Waals surface area contributed by atoms with E-state index in [-0.39, 0.29) is 0 Å². The topological polar surface area (TPSA) is 76.1 Å². The first-order valence-corrected chi connectivity index (χ1v) is 6.85. The van der Waals surface area contributed by atoms with Gasteiger partial charge in [-0.3, -0.25) is 0 Å². The number of carbonyl (C=O) groups is 1. The van der Waals surface area contributed by atoms with Crippen molar-refractivity contribution in [3.05, 3.63) is 17.6 Å². The molecule has 112 valence electrons. The normalized spacial score (nSPS) is 11.1. The predicted molar refractivity (Wildman–Crippen MR) is 78.9 cm³/mol. The number of carbonyl (C=O) groups excluding carboxylic acids is 1. The molecule has 1 aromatic rings. The Balaban J connectivity index is 2.34. The second-order valence-electron chi connectivity index (χ2n) is 5.50. The summed E-state index contributed by atoms with van der Waals surface area (Å²) in [6, 6.07) is 1.92. The monoisotopic (exact) mass is 280 g/mol. The lowest BCUT2D eigenvalue weighted by Gasteiger charge is -2.19. The van der Waals surface area contributed by atoms with Crippen LogP contribution in [0.15, 0.2) is 6.07 Å². The SMILES string of the molecule is CCc1cc(NCCNC(=O)OC(C)(C)C)nc(C)n1. The van der Waals surface area contributed by atoms with E-state index in [0.717, 1.165) is 23.8 Å². The molecule has 1 aromatic heterocycles. The van der Waals surface area contributed by atoms with E-state index in [1.54, 1.807) is 0 Å². The molecule has 6 nitrogen and oxygen atoms in total. The Hall–Kier alpha value is -1.85. The molecule has 0 aliphatic rings. The Bertz CT molecular complexity index is 455. The summed E-state index contributed by atoms with van der Waals surface area (Å²) < 4.78 is 5.14. The summed E-state index contributed by atoms with van der Waals surface area (Å²) in [7, 11) is 0. The molecule has 1 rings (SSSR count). The van der Waals surface area contributed by atoms with E-state index >= 15 is 0 Å². The molecule has 6 heteroatoms. The van der Waals surface area contributed by atoms with Crippen LogP contribution in [0.25, 0.3) is 0 Å². The van der Waals surface area contributed by atoms with Gasteiger partial charge in [0.25, 0.3) is 0 Å². The molecule has 0 bridgehead atoms.